The molecule has 0 radical (unpaired) electrons. The Kier molecular flexibility index (Phi) is 7.68. The zero-order valence-corrected chi connectivity index (χ0v) is 22.5. The third-order valence-corrected chi connectivity index (χ3v) is 8.26. The van der Waals surface area contributed by atoms with E-state index in [0.717, 1.165) is 63.2 Å². The number of carbonyl (C=O) groups excluding carboxylic acids is 1. The summed E-state index contributed by atoms with van der Waals surface area (Å²) in [5.74, 6) is 0.550. The average Bonchev–Trinajstić information content (AvgIpc) is 3.01. The molecule has 0 atom stereocenters. The van der Waals surface area contributed by atoms with Crippen molar-refractivity contribution in [2.75, 3.05) is 44.2 Å². The van der Waals surface area contributed by atoms with Gasteiger partial charge >= 0.3 is 0 Å². The molecule has 0 N–H and O–H groups in total. The van der Waals surface area contributed by atoms with E-state index < -0.39 is 0 Å². The van der Waals surface area contributed by atoms with Crippen LogP contribution in [0.3, 0.4) is 0 Å². The molecule has 0 aliphatic carbocycles. The molecule has 3 aromatic carbocycles. The molecule has 39 heavy (non-hydrogen) atoms. The predicted octanol–water partition coefficient (Wildman–Crippen LogP) is 5.62. The van der Waals surface area contributed by atoms with Crippen molar-refractivity contribution in [2.45, 2.75) is 25.3 Å². The van der Waals surface area contributed by atoms with Crippen LogP contribution in [0.2, 0.25) is 0 Å². The van der Waals surface area contributed by atoms with Crippen LogP contribution in [-0.2, 0) is 13.0 Å². The maximum atomic E-state index is 13.4. The molecule has 5 heteroatoms. The van der Waals surface area contributed by atoms with Crippen LogP contribution in [0.1, 0.15) is 45.0 Å². The van der Waals surface area contributed by atoms with Gasteiger partial charge in [0.25, 0.3) is 5.91 Å². The van der Waals surface area contributed by atoms with Crippen molar-refractivity contribution in [3.8, 4) is 0 Å². The molecule has 2 aliphatic rings. The van der Waals surface area contributed by atoms with Crippen molar-refractivity contribution in [1.29, 1.82) is 0 Å². The van der Waals surface area contributed by atoms with E-state index in [1.807, 2.05) is 17.0 Å². The second-order valence-electron chi connectivity index (χ2n) is 10.7. The highest BCUT2D eigenvalue weighted by molar-refractivity contribution is 5.97. The molecule has 1 fully saturated rings. The number of nitrogens with zero attached hydrogens (tertiary/aromatic N) is 4. The van der Waals surface area contributed by atoms with Crippen molar-refractivity contribution >= 4 is 11.6 Å². The lowest BCUT2D eigenvalue weighted by Crippen LogP contribution is -2.47. The topological polar surface area (TPSA) is 39.7 Å². The number of anilines is 1. The molecule has 6 rings (SSSR count). The SMILES string of the molecule is O=C1c2cc(N3CCN(CCC(c4ccccc4)c4ccccc4)CC3)ccc2CCN1Cc1ccncc1. The van der Waals surface area contributed by atoms with Crippen molar-refractivity contribution in [1.82, 2.24) is 14.8 Å². The van der Waals surface area contributed by atoms with Crippen LogP contribution in [0, 0.1) is 0 Å². The molecule has 2 aliphatic heterocycles. The normalized spacial score (nSPS) is 16.0. The molecule has 0 unspecified atom stereocenters. The van der Waals surface area contributed by atoms with Gasteiger partial charge in [-0.25, -0.2) is 0 Å². The second-order valence-corrected chi connectivity index (χ2v) is 10.7. The summed E-state index contributed by atoms with van der Waals surface area (Å²) < 4.78 is 0. The van der Waals surface area contributed by atoms with Crippen LogP contribution in [0.25, 0.3) is 0 Å². The number of amides is 1. The van der Waals surface area contributed by atoms with Gasteiger partial charge in [-0.3, -0.25) is 14.7 Å². The Morgan fingerprint density at radius 2 is 1.41 bits per heavy atom. The van der Waals surface area contributed by atoms with Crippen LogP contribution in [-0.4, -0.2) is 60.0 Å². The standard InChI is InChI=1S/C34H36N4O/c39-34-33-25-31(12-11-30(33)15-20-38(34)26-27-13-17-35-18-14-27)37-23-21-36(22-24-37)19-16-32(28-7-3-1-4-8-28)29-9-5-2-6-10-29/h1-14,17-18,25,32H,15-16,19-24,26H2. The predicted molar refractivity (Wildman–Crippen MR) is 157 cm³/mol. The number of carbonyl (C=O) groups is 1. The fraction of sp³-hybridized carbons (Fsp3) is 0.294. The Labute approximate surface area is 231 Å². The lowest BCUT2D eigenvalue weighted by atomic mass is 9.88. The summed E-state index contributed by atoms with van der Waals surface area (Å²) >= 11 is 0. The molecule has 4 aromatic rings. The number of piperazine rings is 1. The lowest BCUT2D eigenvalue weighted by molar-refractivity contribution is 0.0727. The Balaban J connectivity index is 1.08. The number of pyridine rings is 1. The van der Waals surface area contributed by atoms with Crippen LogP contribution in [0.5, 0.6) is 0 Å². The molecule has 0 saturated carbocycles. The molecule has 1 aromatic heterocycles. The van der Waals surface area contributed by atoms with Crippen LogP contribution < -0.4 is 4.90 Å². The monoisotopic (exact) mass is 516 g/mol. The Bertz CT molecular complexity index is 1330. The van der Waals surface area contributed by atoms with Gasteiger partial charge in [0, 0.05) is 68.8 Å². The second kappa shape index (κ2) is 11.8. The van der Waals surface area contributed by atoms with Crippen molar-refractivity contribution < 1.29 is 4.79 Å². The van der Waals surface area contributed by atoms with Gasteiger partial charge < -0.3 is 9.80 Å². The largest absolute Gasteiger partial charge is 0.369 e. The maximum absolute atomic E-state index is 13.4. The third kappa shape index (κ3) is 5.89. The van der Waals surface area contributed by atoms with E-state index >= 15 is 0 Å². The van der Waals surface area contributed by atoms with E-state index in [1.54, 1.807) is 12.4 Å². The van der Waals surface area contributed by atoms with Gasteiger partial charge in [0.2, 0.25) is 0 Å². The van der Waals surface area contributed by atoms with E-state index in [0.29, 0.717) is 12.5 Å². The number of hydrogen-bond donors (Lipinski definition) is 0. The Morgan fingerprint density at radius 1 is 0.744 bits per heavy atom. The summed E-state index contributed by atoms with van der Waals surface area (Å²) in [5, 5.41) is 0. The van der Waals surface area contributed by atoms with Gasteiger partial charge in [-0.2, -0.15) is 0 Å². The van der Waals surface area contributed by atoms with Crippen LogP contribution >= 0.6 is 0 Å². The van der Waals surface area contributed by atoms with E-state index in [4.69, 9.17) is 0 Å². The first-order valence-electron chi connectivity index (χ1n) is 14.1. The Morgan fingerprint density at radius 3 is 2.08 bits per heavy atom. The van der Waals surface area contributed by atoms with Crippen molar-refractivity contribution in [3.63, 3.8) is 0 Å². The smallest absolute Gasteiger partial charge is 0.254 e. The molecule has 5 nitrogen and oxygen atoms in total. The number of fused-ring (bicyclic) bond motifs is 1. The molecule has 1 saturated heterocycles. The van der Waals surface area contributed by atoms with Gasteiger partial charge in [0.15, 0.2) is 0 Å². The maximum Gasteiger partial charge on any atom is 0.254 e. The highest BCUT2D eigenvalue weighted by Gasteiger charge is 2.26. The van der Waals surface area contributed by atoms with E-state index in [9.17, 15) is 4.79 Å². The summed E-state index contributed by atoms with van der Waals surface area (Å²) in [4.78, 5) is 24.5. The summed E-state index contributed by atoms with van der Waals surface area (Å²) in [7, 11) is 0. The van der Waals surface area contributed by atoms with Crippen LogP contribution in [0.4, 0.5) is 5.69 Å². The fourth-order valence-corrected chi connectivity index (χ4v) is 6.00. The van der Waals surface area contributed by atoms with E-state index in [1.165, 1.54) is 22.4 Å². The van der Waals surface area contributed by atoms with Gasteiger partial charge in [-0.05, 0) is 65.9 Å². The molecule has 198 valence electrons. The number of hydrogen-bond acceptors (Lipinski definition) is 4. The van der Waals surface area contributed by atoms with Crippen molar-refractivity contribution in [3.05, 3.63) is 131 Å². The molecular weight excluding hydrogens is 480 g/mol. The van der Waals surface area contributed by atoms with E-state index in [2.05, 4.69) is 93.6 Å². The third-order valence-electron chi connectivity index (χ3n) is 8.26. The van der Waals surface area contributed by atoms with Crippen LogP contribution in [0.15, 0.2) is 103 Å². The minimum atomic E-state index is 0.140. The number of benzene rings is 3. The summed E-state index contributed by atoms with van der Waals surface area (Å²) in [6.07, 6.45) is 5.59. The van der Waals surface area contributed by atoms with Gasteiger partial charge in [0.05, 0.1) is 0 Å². The fourth-order valence-electron chi connectivity index (χ4n) is 6.00. The zero-order chi connectivity index (χ0) is 26.4. The van der Waals surface area contributed by atoms with Crippen molar-refractivity contribution in [2.24, 2.45) is 0 Å². The molecule has 0 bridgehead atoms. The first-order chi connectivity index (χ1) is 19.2. The molecule has 3 heterocycles. The van der Waals surface area contributed by atoms with Gasteiger partial charge in [-0.1, -0.05) is 66.7 Å². The summed E-state index contributed by atoms with van der Waals surface area (Å²) in [5.41, 5.74) is 7.10. The first kappa shape index (κ1) is 25.3. The quantitative estimate of drug-likeness (QED) is 0.305. The lowest BCUT2D eigenvalue weighted by Gasteiger charge is -2.37. The average molecular weight is 517 g/mol. The van der Waals surface area contributed by atoms with Gasteiger partial charge in [-0.15, -0.1) is 0 Å². The number of rotatable bonds is 8. The first-order valence-corrected chi connectivity index (χ1v) is 14.1. The van der Waals surface area contributed by atoms with E-state index in [-0.39, 0.29) is 5.91 Å². The highest BCUT2D eigenvalue weighted by atomic mass is 16.2. The molecular formula is C34H36N4O. The zero-order valence-electron chi connectivity index (χ0n) is 22.5. The minimum Gasteiger partial charge on any atom is -0.369 e. The molecule has 0 spiro atoms. The summed E-state index contributed by atoms with van der Waals surface area (Å²) in [6, 6.07) is 32.3. The minimum absolute atomic E-state index is 0.140. The Hall–Kier alpha value is -3.96. The summed E-state index contributed by atoms with van der Waals surface area (Å²) in [6.45, 7) is 6.51. The number of aromatic nitrogens is 1. The molecule has 1 amide bonds. The van der Waals surface area contributed by atoms with Gasteiger partial charge in [0.1, 0.15) is 0 Å². The highest BCUT2D eigenvalue weighted by Crippen LogP contribution is 2.29.